The van der Waals surface area contributed by atoms with Gasteiger partial charge in [0, 0.05) is 25.3 Å². The van der Waals surface area contributed by atoms with Crippen molar-refractivity contribution >= 4 is 17.4 Å². The molecule has 0 saturated carbocycles. The van der Waals surface area contributed by atoms with Crippen LogP contribution in [0.25, 0.3) is 0 Å². The van der Waals surface area contributed by atoms with Crippen LogP contribution in [0.15, 0.2) is 18.2 Å². The Labute approximate surface area is 143 Å². The lowest BCUT2D eigenvalue weighted by atomic mass is 9.87. The number of rotatable bonds is 6. The molecule has 1 aliphatic heterocycles. The van der Waals surface area contributed by atoms with E-state index in [0.717, 1.165) is 25.9 Å². The molecule has 0 spiro atoms. The first-order valence-electron chi connectivity index (χ1n) is 8.54. The van der Waals surface area contributed by atoms with Crippen LogP contribution in [0.3, 0.4) is 0 Å². The standard InChI is InChI=1S/C18H28FN3O2/c1-13(23)11-18(2,3)12-20-17(24)21-14-6-7-16(15(19)10-14)22-8-4-5-9-22/h6-7,10,13,23H,4-5,8-9,11-12H2,1-3H3,(H2,20,21,24). The average molecular weight is 337 g/mol. The summed E-state index contributed by atoms with van der Waals surface area (Å²) in [5.74, 6) is -0.316. The van der Waals surface area contributed by atoms with Crippen LogP contribution in [0.5, 0.6) is 0 Å². The Morgan fingerprint density at radius 2 is 2.04 bits per heavy atom. The fraction of sp³-hybridized carbons (Fsp3) is 0.611. The molecule has 1 heterocycles. The Morgan fingerprint density at radius 1 is 1.38 bits per heavy atom. The van der Waals surface area contributed by atoms with Gasteiger partial charge >= 0.3 is 6.03 Å². The van der Waals surface area contributed by atoms with Crippen LogP contribution in [0, 0.1) is 11.2 Å². The summed E-state index contributed by atoms with van der Waals surface area (Å²) in [5.41, 5.74) is 0.814. The highest BCUT2D eigenvalue weighted by Crippen LogP contribution is 2.26. The van der Waals surface area contributed by atoms with E-state index in [1.165, 1.54) is 6.07 Å². The number of benzene rings is 1. The first-order valence-corrected chi connectivity index (χ1v) is 8.54. The van der Waals surface area contributed by atoms with Gasteiger partial charge in [0.1, 0.15) is 5.82 Å². The quantitative estimate of drug-likeness (QED) is 0.746. The fourth-order valence-corrected chi connectivity index (χ4v) is 3.17. The lowest BCUT2D eigenvalue weighted by molar-refractivity contribution is 0.129. The van der Waals surface area contributed by atoms with Gasteiger partial charge in [-0.15, -0.1) is 0 Å². The Hall–Kier alpha value is -1.82. The predicted octanol–water partition coefficient (Wildman–Crippen LogP) is 3.34. The van der Waals surface area contributed by atoms with Crippen LogP contribution in [0.4, 0.5) is 20.6 Å². The molecule has 1 saturated heterocycles. The van der Waals surface area contributed by atoms with Crippen molar-refractivity contribution in [3.63, 3.8) is 0 Å². The number of aliphatic hydroxyl groups is 1. The molecule has 1 fully saturated rings. The van der Waals surface area contributed by atoms with Crippen molar-refractivity contribution in [2.24, 2.45) is 5.41 Å². The monoisotopic (exact) mass is 337 g/mol. The third-order valence-electron chi connectivity index (χ3n) is 4.23. The van der Waals surface area contributed by atoms with Gasteiger partial charge in [0.15, 0.2) is 0 Å². The summed E-state index contributed by atoms with van der Waals surface area (Å²) >= 11 is 0. The summed E-state index contributed by atoms with van der Waals surface area (Å²) in [6, 6.07) is 4.42. The highest BCUT2D eigenvalue weighted by atomic mass is 19.1. The van der Waals surface area contributed by atoms with Gasteiger partial charge in [0.2, 0.25) is 0 Å². The summed E-state index contributed by atoms with van der Waals surface area (Å²) in [4.78, 5) is 14.0. The fourth-order valence-electron chi connectivity index (χ4n) is 3.17. The molecule has 0 radical (unpaired) electrons. The topological polar surface area (TPSA) is 64.6 Å². The minimum Gasteiger partial charge on any atom is -0.393 e. The molecule has 2 amide bonds. The number of hydrogen-bond acceptors (Lipinski definition) is 3. The van der Waals surface area contributed by atoms with E-state index >= 15 is 0 Å². The van der Waals surface area contributed by atoms with E-state index in [-0.39, 0.29) is 17.3 Å². The minimum absolute atomic E-state index is 0.212. The molecule has 0 aliphatic carbocycles. The van der Waals surface area contributed by atoms with Crippen molar-refractivity contribution in [1.82, 2.24) is 5.32 Å². The molecule has 0 aromatic heterocycles. The maximum absolute atomic E-state index is 14.2. The van der Waals surface area contributed by atoms with Crippen molar-refractivity contribution < 1.29 is 14.3 Å². The predicted molar refractivity (Wildman–Crippen MR) is 94.9 cm³/mol. The van der Waals surface area contributed by atoms with Crippen molar-refractivity contribution in [3.05, 3.63) is 24.0 Å². The number of halogens is 1. The van der Waals surface area contributed by atoms with Gasteiger partial charge < -0.3 is 20.6 Å². The minimum atomic E-state index is -0.419. The second-order valence-electron chi connectivity index (χ2n) is 7.39. The molecule has 134 valence electrons. The molecule has 1 atom stereocenters. The number of carbonyl (C=O) groups excluding carboxylic acids is 1. The third kappa shape index (κ3) is 5.37. The molecular formula is C18H28FN3O2. The Morgan fingerprint density at radius 3 is 2.62 bits per heavy atom. The zero-order chi connectivity index (χ0) is 17.7. The van der Waals surface area contributed by atoms with E-state index in [1.807, 2.05) is 18.7 Å². The van der Waals surface area contributed by atoms with E-state index in [9.17, 15) is 14.3 Å². The van der Waals surface area contributed by atoms with E-state index in [1.54, 1.807) is 19.1 Å². The first-order chi connectivity index (χ1) is 11.3. The van der Waals surface area contributed by atoms with Crippen LogP contribution in [-0.4, -0.2) is 36.9 Å². The number of nitrogens with one attached hydrogen (secondary N) is 2. The third-order valence-corrected chi connectivity index (χ3v) is 4.23. The van der Waals surface area contributed by atoms with Crippen LogP contribution < -0.4 is 15.5 Å². The summed E-state index contributed by atoms with van der Waals surface area (Å²) in [5, 5.41) is 14.9. The number of carbonyl (C=O) groups is 1. The van der Waals surface area contributed by atoms with Crippen LogP contribution >= 0.6 is 0 Å². The molecule has 1 aromatic carbocycles. The number of aliphatic hydroxyl groups excluding tert-OH is 1. The average Bonchev–Trinajstić information content (AvgIpc) is 2.98. The highest BCUT2D eigenvalue weighted by molar-refractivity contribution is 5.89. The van der Waals surface area contributed by atoms with Gasteiger partial charge in [-0.2, -0.15) is 0 Å². The Bertz CT molecular complexity index is 569. The molecule has 2 rings (SSSR count). The number of nitrogens with zero attached hydrogens (tertiary/aromatic N) is 1. The number of urea groups is 1. The SMILES string of the molecule is CC(O)CC(C)(C)CNC(=O)Nc1ccc(N2CCCC2)c(F)c1. The number of amides is 2. The van der Waals surface area contributed by atoms with Crippen LogP contribution in [-0.2, 0) is 0 Å². The first kappa shape index (κ1) is 18.5. The largest absolute Gasteiger partial charge is 0.393 e. The van der Waals surface area contributed by atoms with E-state index < -0.39 is 6.10 Å². The van der Waals surface area contributed by atoms with Crippen molar-refractivity contribution in [2.75, 3.05) is 29.9 Å². The summed E-state index contributed by atoms with van der Waals surface area (Å²) < 4.78 is 14.2. The lowest BCUT2D eigenvalue weighted by Crippen LogP contribution is -2.38. The molecule has 1 aliphatic rings. The second kappa shape index (κ2) is 7.83. The van der Waals surface area contributed by atoms with E-state index in [4.69, 9.17) is 0 Å². The van der Waals surface area contributed by atoms with Gasteiger partial charge in [-0.1, -0.05) is 13.8 Å². The maximum atomic E-state index is 14.2. The van der Waals surface area contributed by atoms with E-state index in [2.05, 4.69) is 10.6 Å². The van der Waals surface area contributed by atoms with Crippen molar-refractivity contribution in [3.8, 4) is 0 Å². The summed E-state index contributed by atoms with van der Waals surface area (Å²) in [6.07, 6.45) is 2.35. The second-order valence-corrected chi connectivity index (χ2v) is 7.39. The van der Waals surface area contributed by atoms with Gasteiger partial charge in [-0.3, -0.25) is 0 Å². The smallest absolute Gasteiger partial charge is 0.319 e. The van der Waals surface area contributed by atoms with Crippen molar-refractivity contribution in [1.29, 1.82) is 0 Å². The molecule has 3 N–H and O–H groups in total. The Kier molecular flexibility index (Phi) is 6.04. The van der Waals surface area contributed by atoms with Gasteiger partial charge in [-0.25, -0.2) is 9.18 Å². The summed E-state index contributed by atoms with van der Waals surface area (Å²) in [7, 11) is 0. The lowest BCUT2D eigenvalue weighted by Gasteiger charge is -2.26. The van der Waals surface area contributed by atoms with Crippen molar-refractivity contribution in [2.45, 2.75) is 46.1 Å². The normalized spacial score (nSPS) is 16.1. The summed E-state index contributed by atoms with van der Waals surface area (Å²) in [6.45, 7) is 7.87. The van der Waals surface area contributed by atoms with Gasteiger partial charge in [0.25, 0.3) is 0 Å². The zero-order valence-electron chi connectivity index (χ0n) is 14.7. The van der Waals surface area contributed by atoms with E-state index in [0.29, 0.717) is 24.3 Å². The molecule has 6 heteroatoms. The van der Waals surface area contributed by atoms with Crippen LogP contribution in [0.1, 0.15) is 40.0 Å². The van der Waals surface area contributed by atoms with Crippen LogP contribution in [0.2, 0.25) is 0 Å². The Balaban J connectivity index is 1.88. The maximum Gasteiger partial charge on any atom is 0.319 e. The molecule has 0 bridgehead atoms. The molecule has 1 aromatic rings. The molecule has 1 unspecified atom stereocenters. The number of anilines is 2. The number of hydrogen-bond donors (Lipinski definition) is 3. The molecular weight excluding hydrogens is 309 g/mol. The van der Waals surface area contributed by atoms with Gasteiger partial charge in [-0.05, 0) is 49.8 Å². The van der Waals surface area contributed by atoms with Gasteiger partial charge in [0.05, 0.1) is 11.8 Å². The molecule has 5 nitrogen and oxygen atoms in total. The molecule has 24 heavy (non-hydrogen) atoms. The highest BCUT2D eigenvalue weighted by Gasteiger charge is 2.21. The zero-order valence-corrected chi connectivity index (χ0v) is 14.7.